The fraction of sp³-hybridized carbons (Fsp3) is 0.467. The van der Waals surface area contributed by atoms with Crippen molar-refractivity contribution >= 4 is 11.9 Å². The second-order valence-electron chi connectivity index (χ2n) is 5.35. The molecular weight excluding hydrogens is 256 g/mol. The molecule has 0 radical (unpaired) electrons. The normalized spacial score (nSPS) is 20.5. The van der Waals surface area contributed by atoms with E-state index in [1.165, 1.54) is 0 Å². The number of piperidine rings is 1. The number of aryl methyl sites for hydroxylation is 1. The summed E-state index contributed by atoms with van der Waals surface area (Å²) in [4.78, 5) is 25.0. The van der Waals surface area contributed by atoms with E-state index in [2.05, 4.69) is 0 Å². The number of hydrogen-bond donors (Lipinski definition) is 2. The van der Waals surface area contributed by atoms with E-state index in [9.17, 15) is 9.59 Å². The molecule has 1 unspecified atom stereocenters. The molecule has 3 N–H and O–H groups in total. The third-order valence-corrected chi connectivity index (χ3v) is 3.78. The zero-order valence-corrected chi connectivity index (χ0v) is 11.6. The maximum atomic E-state index is 12.4. The Balaban J connectivity index is 2.06. The number of nitrogens with zero attached hydrogens (tertiary/aromatic N) is 1. The van der Waals surface area contributed by atoms with Crippen LogP contribution in [0.1, 0.15) is 30.0 Å². The van der Waals surface area contributed by atoms with Gasteiger partial charge in [0.1, 0.15) is 6.04 Å². The summed E-state index contributed by atoms with van der Waals surface area (Å²) in [5.41, 5.74) is 7.87. The lowest BCUT2D eigenvalue weighted by Gasteiger charge is -2.32. The van der Waals surface area contributed by atoms with Crippen LogP contribution in [-0.2, 0) is 9.59 Å². The average molecular weight is 276 g/mol. The van der Waals surface area contributed by atoms with Crippen LogP contribution in [0.5, 0.6) is 0 Å². The molecule has 5 nitrogen and oxygen atoms in total. The van der Waals surface area contributed by atoms with E-state index in [0.717, 1.165) is 11.1 Å². The summed E-state index contributed by atoms with van der Waals surface area (Å²) in [6, 6.07) is 6.80. The third kappa shape index (κ3) is 3.17. The van der Waals surface area contributed by atoms with Gasteiger partial charge in [-0.3, -0.25) is 9.59 Å². The Bertz CT molecular complexity index is 498. The van der Waals surface area contributed by atoms with Gasteiger partial charge in [0, 0.05) is 13.1 Å². The van der Waals surface area contributed by atoms with Gasteiger partial charge >= 0.3 is 5.97 Å². The summed E-state index contributed by atoms with van der Waals surface area (Å²) < 4.78 is 0. The molecule has 0 aromatic heterocycles. The molecule has 20 heavy (non-hydrogen) atoms. The Labute approximate surface area is 118 Å². The minimum Gasteiger partial charge on any atom is -0.481 e. The molecule has 2 rings (SSSR count). The minimum absolute atomic E-state index is 0.195. The molecule has 0 spiro atoms. The Kier molecular flexibility index (Phi) is 4.39. The van der Waals surface area contributed by atoms with Gasteiger partial charge in [-0.2, -0.15) is 0 Å². The summed E-state index contributed by atoms with van der Waals surface area (Å²) in [5.74, 6) is -1.51. The van der Waals surface area contributed by atoms with Crippen molar-refractivity contribution in [3.63, 3.8) is 0 Å². The molecule has 0 saturated carbocycles. The fourth-order valence-corrected chi connectivity index (χ4v) is 2.49. The van der Waals surface area contributed by atoms with Gasteiger partial charge in [-0.1, -0.05) is 29.8 Å². The number of aliphatic carboxylic acids is 1. The molecular formula is C15H20N2O3. The first-order valence-electron chi connectivity index (χ1n) is 6.83. The molecule has 1 amide bonds. The molecule has 1 aliphatic rings. The molecule has 1 aromatic carbocycles. The number of hydrogen-bond acceptors (Lipinski definition) is 3. The van der Waals surface area contributed by atoms with Crippen molar-refractivity contribution in [1.82, 2.24) is 4.90 Å². The number of carbonyl (C=O) groups is 2. The first kappa shape index (κ1) is 14.5. The molecule has 5 heteroatoms. The van der Waals surface area contributed by atoms with Gasteiger partial charge in [-0.15, -0.1) is 0 Å². The number of nitrogens with two attached hydrogens (primary N) is 1. The number of carboxylic acid groups (broad SMARTS) is 1. The second kappa shape index (κ2) is 6.05. The number of benzene rings is 1. The number of amides is 1. The smallest absolute Gasteiger partial charge is 0.308 e. The second-order valence-corrected chi connectivity index (χ2v) is 5.35. The van der Waals surface area contributed by atoms with Crippen molar-refractivity contribution in [2.24, 2.45) is 11.7 Å². The van der Waals surface area contributed by atoms with Gasteiger partial charge in [0.2, 0.25) is 5.91 Å². The van der Waals surface area contributed by atoms with Gasteiger partial charge in [0.25, 0.3) is 0 Å². The Morgan fingerprint density at radius 1 is 1.35 bits per heavy atom. The van der Waals surface area contributed by atoms with Crippen molar-refractivity contribution in [2.45, 2.75) is 25.8 Å². The van der Waals surface area contributed by atoms with Gasteiger partial charge < -0.3 is 15.7 Å². The molecule has 1 aliphatic heterocycles. The summed E-state index contributed by atoms with van der Waals surface area (Å²) in [7, 11) is 0. The summed E-state index contributed by atoms with van der Waals surface area (Å²) in [5, 5.41) is 9.05. The highest BCUT2D eigenvalue weighted by Gasteiger charge is 2.30. The van der Waals surface area contributed by atoms with Crippen LogP contribution in [0.3, 0.4) is 0 Å². The SMILES string of the molecule is Cc1ccc(C(N)C(=O)N2CCC[C@@H](C(=O)O)C2)cc1. The number of likely N-dealkylation sites (tertiary alicyclic amines) is 1. The van der Waals surface area contributed by atoms with E-state index in [4.69, 9.17) is 10.8 Å². The van der Waals surface area contributed by atoms with E-state index in [0.29, 0.717) is 19.4 Å². The van der Waals surface area contributed by atoms with E-state index >= 15 is 0 Å². The quantitative estimate of drug-likeness (QED) is 0.872. The van der Waals surface area contributed by atoms with Crippen LogP contribution in [0, 0.1) is 12.8 Å². The van der Waals surface area contributed by atoms with Crippen molar-refractivity contribution in [2.75, 3.05) is 13.1 Å². The Morgan fingerprint density at radius 2 is 2.00 bits per heavy atom. The standard InChI is InChI=1S/C15H20N2O3/c1-10-4-6-11(7-5-10)13(16)14(18)17-8-2-3-12(9-17)15(19)20/h4-7,12-13H,2-3,8-9,16H2,1H3,(H,19,20)/t12-,13?/m1/s1. The molecule has 1 fully saturated rings. The van der Waals surface area contributed by atoms with E-state index < -0.39 is 17.9 Å². The lowest BCUT2D eigenvalue weighted by Crippen LogP contribution is -2.46. The van der Waals surface area contributed by atoms with Crippen LogP contribution in [0.15, 0.2) is 24.3 Å². The third-order valence-electron chi connectivity index (χ3n) is 3.78. The van der Waals surface area contributed by atoms with Crippen LogP contribution in [0.2, 0.25) is 0 Å². The predicted octanol–water partition coefficient (Wildman–Crippen LogP) is 1.32. The Hall–Kier alpha value is -1.88. The molecule has 108 valence electrons. The molecule has 1 aromatic rings. The lowest BCUT2D eigenvalue weighted by molar-refractivity contribution is -0.146. The number of carboxylic acids is 1. The van der Waals surface area contributed by atoms with Crippen LogP contribution >= 0.6 is 0 Å². The van der Waals surface area contributed by atoms with Crippen molar-refractivity contribution in [3.8, 4) is 0 Å². The van der Waals surface area contributed by atoms with E-state index in [-0.39, 0.29) is 12.5 Å². The minimum atomic E-state index is -0.841. The zero-order valence-electron chi connectivity index (χ0n) is 11.6. The predicted molar refractivity (Wildman–Crippen MR) is 75.0 cm³/mol. The largest absolute Gasteiger partial charge is 0.481 e. The topological polar surface area (TPSA) is 83.6 Å². The van der Waals surface area contributed by atoms with Crippen molar-refractivity contribution in [1.29, 1.82) is 0 Å². The molecule has 1 heterocycles. The maximum absolute atomic E-state index is 12.4. The van der Waals surface area contributed by atoms with E-state index in [1.54, 1.807) is 4.90 Å². The molecule has 0 aliphatic carbocycles. The highest BCUT2D eigenvalue weighted by Crippen LogP contribution is 2.21. The molecule has 2 atom stereocenters. The van der Waals surface area contributed by atoms with Gasteiger partial charge in [-0.25, -0.2) is 0 Å². The van der Waals surface area contributed by atoms with Gasteiger partial charge in [0.05, 0.1) is 5.92 Å². The van der Waals surface area contributed by atoms with Crippen molar-refractivity contribution in [3.05, 3.63) is 35.4 Å². The average Bonchev–Trinajstić information content (AvgIpc) is 2.46. The Morgan fingerprint density at radius 3 is 2.60 bits per heavy atom. The van der Waals surface area contributed by atoms with Crippen LogP contribution in [0.4, 0.5) is 0 Å². The van der Waals surface area contributed by atoms with Gasteiger partial charge in [0.15, 0.2) is 0 Å². The van der Waals surface area contributed by atoms with Gasteiger partial charge in [-0.05, 0) is 25.3 Å². The summed E-state index contributed by atoms with van der Waals surface area (Å²) in [6.07, 6.45) is 1.34. The van der Waals surface area contributed by atoms with Crippen LogP contribution in [0.25, 0.3) is 0 Å². The highest BCUT2D eigenvalue weighted by atomic mass is 16.4. The number of rotatable bonds is 3. The summed E-state index contributed by atoms with van der Waals surface area (Å²) in [6.45, 7) is 2.81. The highest BCUT2D eigenvalue weighted by molar-refractivity contribution is 5.84. The number of carbonyl (C=O) groups excluding carboxylic acids is 1. The first-order chi connectivity index (χ1) is 9.49. The monoisotopic (exact) mass is 276 g/mol. The zero-order chi connectivity index (χ0) is 14.7. The van der Waals surface area contributed by atoms with Crippen LogP contribution in [-0.4, -0.2) is 35.0 Å². The van der Waals surface area contributed by atoms with Crippen LogP contribution < -0.4 is 5.73 Å². The van der Waals surface area contributed by atoms with Crippen molar-refractivity contribution < 1.29 is 14.7 Å². The molecule has 0 bridgehead atoms. The fourth-order valence-electron chi connectivity index (χ4n) is 2.49. The molecule has 1 saturated heterocycles. The first-order valence-corrected chi connectivity index (χ1v) is 6.83. The lowest BCUT2D eigenvalue weighted by atomic mass is 9.96. The van der Waals surface area contributed by atoms with E-state index in [1.807, 2.05) is 31.2 Å². The summed E-state index contributed by atoms with van der Waals surface area (Å²) >= 11 is 0. The maximum Gasteiger partial charge on any atom is 0.308 e.